The zero-order chi connectivity index (χ0) is 13.0. The van der Waals surface area contributed by atoms with Gasteiger partial charge in [-0.25, -0.2) is 0 Å². The number of hydrogen-bond acceptors (Lipinski definition) is 3. The van der Waals surface area contributed by atoms with Gasteiger partial charge in [0, 0.05) is 18.8 Å². The Hall–Kier alpha value is -1.39. The first-order chi connectivity index (χ1) is 8.76. The highest BCUT2D eigenvalue weighted by atomic mass is 16.5. The number of nitrogens with two attached hydrogens (primary N) is 1. The molecule has 0 aliphatic carbocycles. The Labute approximate surface area is 108 Å². The van der Waals surface area contributed by atoms with E-state index in [2.05, 4.69) is 5.32 Å². The Morgan fingerprint density at radius 3 is 3.00 bits per heavy atom. The quantitative estimate of drug-likeness (QED) is 0.855. The fourth-order valence-corrected chi connectivity index (χ4v) is 2.40. The number of carbonyl (C=O) groups excluding carboxylic acids is 1. The number of nitrogens with one attached hydrogen (secondary N) is 1. The van der Waals surface area contributed by atoms with Crippen LogP contribution in [0.15, 0.2) is 24.3 Å². The van der Waals surface area contributed by atoms with Gasteiger partial charge in [0.1, 0.15) is 0 Å². The molecule has 2 rings (SSSR count). The van der Waals surface area contributed by atoms with E-state index >= 15 is 0 Å². The van der Waals surface area contributed by atoms with Gasteiger partial charge >= 0.3 is 0 Å². The smallest absolute Gasteiger partial charge is 0.230 e. The van der Waals surface area contributed by atoms with E-state index in [0.29, 0.717) is 13.2 Å². The van der Waals surface area contributed by atoms with Gasteiger partial charge in [0.2, 0.25) is 5.91 Å². The predicted molar refractivity (Wildman–Crippen MR) is 71.1 cm³/mol. The second kappa shape index (κ2) is 5.98. The first-order valence-corrected chi connectivity index (χ1v) is 6.46. The summed E-state index contributed by atoms with van der Waals surface area (Å²) >= 11 is 0. The normalized spacial score (nSPS) is 23.0. The molecule has 1 amide bonds. The van der Waals surface area contributed by atoms with Crippen molar-refractivity contribution in [1.82, 2.24) is 0 Å². The van der Waals surface area contributed by atoms with Gasteiger partial charge in [-0.15, -0.1) is 0 Å². The monoisotopic (exact) mass is 248 g/mol. The fourth-order valence-electron chi connectivity index (χ4n) is 2.40. The van der Waals surface area contributed by atoms with Gasteiger partial charge in [-0.2, -0.15) is 0 Å². The molecule has 1 heterocycles. The van der Waals surface area contributed by atoms with Crippen LogP contribution in [0.25, 0.3) is 0 Å². The van der Waals surface area contributed by atoms with Crippen LogP contribution < -0.4 is 11.1 Å². The van der Waals surface area contributed by atoms with Crippen molar-refractivity contribution in [2.45, 2.75) is 32.4 Å². The van der Waals surface area contributed by atoms with Gasteiger partial charge in [-0.05, 0) is 24.5 Å². The Morgan fingerprint density at radius 2 is 2.28 bits per heavy atom. The Morgan fingerprint density at radius 1 is 1.50 bits per heavy atom. The average molecular weight is 248 g/mol. The van der Waals surface area contributed by atoms with E-state index < -0.39 is 0 Å². The Balaban J connectivity index is 2.07. The standard InChI is InChI=1S/C14H20N2O2/c1-2-13-11(7-8-18-13)14(17)16-12-6-4-3-5-10(12)9-15/h3-6,11,13H,2,7-9,15H2,1H3,(H,16,17). The molecule has 4 nitrogen and oxygen atoms in total. The third-order valence-corrected chi connectivity index (χ3v) is 3.44. The molecule has 4 heteroatoms. The summed E-state index contributed by atoms with van der Waals surface area (Å²) < 4.78 is 5.54. The molecule has 2 atom stereocenters. The maximum atomic E-state index is 12.2. The summed E-state index contributed by atoms with van der Waals surface area (Å²) in [7, 11) is 0. The molecule has 0 radical (unpaired) electrons. The number of benzene rings is 1. The lowest BCUT2D eigenvalue weighted by atomic mass is 9.98. The predicted octanol–water partition coefficient (Wildman–Crippen LogP) is 1.90. The van der Waals surface area contributed by atoms with Crippen molar-refractivity contribution in [3.8, 4) is 0 Å². The van der Waals surface area contributed by atoms with Gasteiger partial charge in [0.15, 0.2) is 0 Å². The van der Waals surface area contributed by atoms with Crippen LogP contribution in [0.5, 0.6) is 0 Å². The number of rotatable bonds is 4. The molecule has 3 N–H and O–H groups in total. The van der Waals surface area contributed by atoms with Crippen molar-refractivity contribution in [2.24, 2.45) is 11.7 Å². The lowest BCUT2D eigenvalue weighted by Gasteiger charge is -2.17. The molecule has 0 spiro atoms. The molecule has 1 aromatic carbocycles. The summed E-state index contributed by atoms with van der Waals surface area (Å²) in [4.78, 5) is 12.2. The second-order valence-electron chi connectivity index (χ2n) is 4.56. The van der Waals surface area contributed by atoms with E-state index in [1.165, 1.54) is 0 Å². The lowest BCUT2D eigenvalue weighted by molar-refractivity contribution is -0.121. The minimum absolute atomic E-state index is 0.0409. The largest absolute Gasteiger partial charge is 0.377 e. The molecule has 0 aromatic heterocycles. The summed E-state index contributed by atoms with van der Waals surface area (Å²) in [6.07, 6.45) is 1.72. The Bertz CT molecular complexity index is 420. The topological polar surface area (TPSA) is 64.3 Å². The molecule has 0 saturated carbocycles. The van der Waals surface area contributed by atoms with Gasteiger partial charge in [-0.3, -0.25) is 4.79 Å². The number of para-hydroxylation sites is 1. The van der Waals surface area contributed by atoms with Gasteiger partial charge in [0.05, 0.1) is 12.0 Å². The highest BCUT2D eigenvalue weighted by molar-refractivity contribution is 5.93. The lowest BCUT2D eigenvalue weighted by Crippen LogP contribution is -2.29. The zero-order valence-electron chi connectivity index (χ0n) is 10.7. The molecule has 2 unspecified atom stereocenters. The maximum absolute atomic E-state index is 12.2. The van der Waals surface area contributed by atoms with E-state index in [0.717, 1.165) is 24.1 Å². The van der Waals surface area contributed by atoms with Gasteiger partial charge < -0.3 is 15.8 Å². The SMILES string of the molecule is CCC1OCCC1C(=O)Nc1ccccc1CN. The molecular formula is C14H20N2O2. The van der Waals surface area contributed by atoms with Crippen LogP contribution >= 0.6 is 0 Å². The number of anilines is 1. The van der Waals surface area contributed by atoms with E-state index in [-0.39, 0.29) is 17.9 Å². The molecule has 0 bridgehead atoms. The third-order valence-electron chi connectivity index (χ3n) is 3.44. The number of ether oxygens (including phenoxy) is 1. The molecule has 98 valence electrons. The number of hydrogen-bond donors (Lipinski definition) is 2. The summed E-state index contributed by atoms with van der Waals surface area (Å²) in [5.41, 5.74) is 7.43. The van der Waals surface area contributed by atoms with Crippen LogP contribution in [0.3, 0.4) is 0 Å². The molecule has 18 heavy (non-hydrogen) atoms. The van der Waals surface area contributed by atoms with Crippen LogP contribution in [0.4, 0.5) is 5.69 Å². The minimum atomic E-state index is -0.0409. The van der Waals surface area contributed by atoms with Crippen molar-refractivity contribution in [1.29, 1.82) is 0 Å². The van der Waals surface area contributed by atoms with E-state index in [1.54, 1.807) is 0 Å². The van der Waals surface area contributed by atoms with Crippen LogP contribution in [-0.4, -0.2) is 18.6 Å². The molecule has 1 fully saturated rings. The van der Waals surface area contributed by atoms with Crippen LogP contribution in [0, 0.1) is 5.92 Å². The highest BCUT2D eigenvalue weighted by Crippen LogP contribution is 2.25. The molecule has 1 aromatic rings. The fraction of sp³-hybridized carbons (Fsp3) is 0.500. The van der Waals surface area contributed by atoms with Crippen LogP contribution in [0.2, 0.25) is 0 Å². The van der Waals surface area contributed by atoms with Crippen molar-refractivity contribution < 1.29 is 9.53 Å². The van der Waals surface area contributed by atoms with Crippen LogP contribution in [-0.2, 0) is 16.1 Å². The molecule has 1 saturated heterocycles. The maximum Gasteiger partial charge on any atom is 0.230 e. The van der Waals surface area contributed by atoms with Gasteiger partial charge in [-0.1, -0.05) is 25.1 Å². The number of amides is 1. The summed E-state index contributed by atoms with van der Waals surface area (Å²) in [6.45, 7) is 3.15. The molecule has 1 aliphatic heterocycles. The van der Waals surface area contributed by atoms with Crippen LogP contribution in [0.1, 0.15) is 25.3 Å². The summed E-state index contributed by atoms with van der Waals surface area (Å²) in [6, 6.07) is 7.64. The first-order valence-electron chi connectivity index (χ1n) is 6.46. The van der Waals surface area contributed by atoms with Crippen molar-refractivity contribution in [2.75, 3.05) is 11.9 Å². The van der Waals surface area contributed by atoms with E-state index in [4.69, 9.17) is 10.5 Å². The third kappa shape index (κ3) is 2.71. The van der Waals surface area contributed by atoms with Crippen molar-refractivity contribution in [3.05, 3.63) is 29.8 Å². The van der Waals surface area contributed by atoms with E-state index in [1.807, 2.05) is 31.2 Å². The minimum Gasteiger partial charge on any atom is -0.377 e. The summed E-state index contributed by atoms with van der Waals surface area (Å²) in [5, 5.41) is 2.97. The summed E-state index contributed by atoms with van der Waals surface area (Å²) in [5.74, 6) is 0.00100. The zero-order valence-corrected chi connectivity index (χ0v) is 10.7. The highest BCUT2D eigenvalue weighted by Gasteiger charge is 2.32. The van der Waals surface area contributed by atoms with Crippen molar-refractivity contribution in [3.63, 3.8) is 0 Å². The molecule has 1 aliphatic rings. The second-order valence-corrected chi connectivity index (χ2v) is 4.56. The molecular weight excluding hydrogens is 228 g/mol. The first kappa shape index (κ1) is 13.1. The van der Waals surface area contributed by atoms with Gasteiger partial charge in [0.25, 0.3) is 0 Å². The van der Waals surface area contributed by atoms with E-state index in [9.17, 15) is 4.79 Å². The Kier molecular flexibility index (Phi) is 4.33. The number of carbonyl (C=O) groups is 1. The average Bonchev–Trinajstić information content (AvgIpc) is 2.87. The van der Waals surface area contributed by atoms with Crippen molar-refractivity contribution >= 4 is 11.6 Å².